The summed E-state index contributed by atoms with van der Waals surface area (Å²) in [7, 11) is 0. The second-order valence-electron chi connectivity index (χ2n) is 3.52. The SMILES string of the molecule is OC(c1cc(-c2ccccc2)n[nH]1)C(F)(F)F. The summed E-state index contributed by atoms with van der Waals surface area (Å²) in [5.74, 6) is 0. The average molecular weight is 242 g/mol. The van der Waals surface area contributed by atoms with Crippen LogP contribution in [0.1, 0.15) is 11.8 Å². The number of aliphatic hydroxyl groups is 1. The normalized spacial score (nSPS) is 13.6. The lowest BCUT2D eigenvalue weighted by atomic mass is 10.1. The van der Waals surface area contributed by atoms with Crippen molar-refractivity contribution in [1.82, 2.24) is 10.2 Å². The second-order valence-corrected chi connectivity index (χ2v) is 3.52. The van der Waals surface area contributed by atoms with E-state index in [2.05, 4.69) is 10.2 Å². The summed E-state index contributed by atoms with van der Waals surface area (Å²) in [6, 6.07) is 9.93. The molecule has 90 valence electrons. The van der Waals surface area contributed by atoms with Crippen LogP contribution in [0, 0.1) is 0 Å². The lowest BCUT2D eigenvalue weighted by molar-refractivity contribution is -0.207. The molecule has 0 aliphatic carbocycles. The molecule has 0 amide bonds. The monoisotopic (exact) mass is 242 g/mol. The number of aromatic amines is 1. The first-order chi connectivity index (χ1) is 7.98. The molecule has 0 spiro atoms. The number of H-pyrrole nitrogens is 1. The Kier molecular flexibility index (Phi) is 2.89. The Morgan fingerprint density at radius 3 is 2.41 bits per heavy atom. The fraction of sp³-hybridized carbons (Fsp3) is 0.182. The van der Waals surface area contributed by atoms with Gasteiger partial charge in [-0.2, -0.15) is 18.3 Å². The molecule has 0 bridgehead atoms. The van der Waals surface area contributed by atoms with E-state index in [0.29, 0.717) is 11.3 Å². The van der Waals surface area contributed by atoms with Crippen LogP contribution in [0.25, 0.3) is 11.3 Å². The van der Waals surface area contributed by atoms with Crippen LogP contribution in [0.15, 0.2) is 36.4 Å². The number of halogens is 3. The van der Waals surface area contributed by atoms with Crippen LogP contribution in [0.4, 0.5) is 13.2 Å². The van der Waals surface area contributed by atoms with E-state index in [0.717, 1.165) is 0 Å². The van der Waals surface area contributed by atoms with Gasteiger partial charge in [-0.3, -0.25) is 5.10 Å². The molecule has 1 aromatic heterocycles. The summed E-state index contributed by atoms with van der Waals surface area (Å²) < 4.78 is 36.7. The Labute approximate surface area is 94.9 Å². The van der Waals surface area contributed by atoms with Crippen LogP contribution in [0.3, 0.4) is 0 Å². The van der Waals surface area contributed by atoms with Gasteiger partial charge in [0, 0.05) is 5.56 Å². The zero-order chi connectivity index (χ0) is 12.5. The Morgan fingerprint density at radius 2 is 1.82 bits per heavy atom. The molecule has 2 N–H and O–H groups in total. The molecular formula is C11H9F3N2O. The van der Waals surface area contributed by atoms with E-state index >= 15 is 0 Å². The first kappa shape index (κ1) is 11.7. The quantitative estimate of drug-likeness (QED) is 0.850. The number of alkyl halides is 3. The van der Waals surface area contributed by atoms with Gasteiger partial charge >= 0.3 is 6.18 Å². The van der Waals surface area contributed by atoms with Crippen LogP contribution < -0.4 is 0 Å². The third-order valence-corrected chi connectivity index (χ3v) is 2.27. The molecule has 17 heavy (non-hydrogen) atoms. The lowest BCUT2D eigenvalue weighted by Crippen LogP contribution is -2.20. The van der Waals surface area contributed by atoms with Crippen molar-refractivity contribution >= 4 is 0 Å². The summed E-state index contributed by atoms with van der Waals surface area (Å²) >= 11 is 0. The minimum absolute atomic E-state index is 0.364. The molecule has 0 radical (unpaired) electrons. The van der Waals surface area contributed by atoms with Crippen LogP contribution in [0.5, 0.6) is 0 Å². The molecule has 1 heterocycles. The number of rotatable bonds is 2. The highest BCUT2D eigenvalue weighted by molar-refractivity contribution is 5.59. The molecule has 0 saturated heterocycles. The van der Waals surface area contributed by atoms with Gasteiger partial charge in [-0.1, -0.05) is 30.3 Å². The number of nitrogens with zero attached hydrogens (tertiary/aromatic N) is 1. The Balaban J connectivity index is 2.28. The zero-order valence-corrected chi connectivity index (χ0v) is 8.57. The zero-order valence-electron chi connectivity index (χ0n) is 8.57. The van der Waals surface area contributed by atoms with Gasteiger partial charge in [-0.15, -0.1) is 0 Å². The topological polar surface area (TPSA) is 48.9 Å². The first-order valence-electron chi connectivity index (χ1n) is 4.84. The first-order valence-corrected chi connectivity index (χ1v) is 4.84. The largest absolute Gasteiger partial charge is 0.420 e. The van der Waals surface area contributed by atoms with Crippen molar-refractivity contribution in [2.75, 3.05) is 0 Å². The van der Waals surface area contributed by atoms with E-state index in [9.17, 15) is 13.2 Å². The smallest absolute Gasteiger partial charge is 0.378 e. The van der Waals surface area contributed by atoms with E-state index in [1.807, 2.05) is 0 Å². The fourth-order valence-electron chi connectivity index (χ4n) is 1.41. The molecule has 1 aromatic carbocycles. The highest BCUT2D eigenvalue weighted by Crippen LogP contribution is 2.32. The summed E-state index contributed by atoms with van der Waals surface area (Å²) in [6.07, 6.45) is -7.23. The van der Waals surface area contributed by atoms with Crippen molar-refractivity contribution < 1.29 is 18.3 Å². The van der Waals surface area contributed by atoms with Gasteiger partial charge in [0.25, 0.3) is 0 Å². The Hall–Kier alpha value is -1.82. The fourth-order valence-corrected chi connectivity index (χ4v) is 1.41. The number of benzene rings is 1. The summed E-state index contributed by atoms with van der Waals surface area (Å²) in [6.45, 7) is 0. The van der Waals surface area contributed by atoms with Gasteiger partial charge < -0.3 is 5.11 Å². The summed E-state index contributed by atoms with van der Waals surface area (Å²) in [5, 5.41) is 14.9. The Morgan fingerprint density at radius 1 is 1.18 bits per heavy atom. The van der Waals surface area contributed by atoms with E-state index in [-0.39, 0.29) is 5.69 Å². The van der Waals surface area contributed by atoms with Gasteiger partial charge in [0.2, 0.25) is 0 Å². The second kappa shape index (κ2) is 4.21. The van der Waals surface area contributed by atoms with E-state index in [4.69, 9.17) is 5.11 Å². The number of nitrogens with one attached hydrogen (secondary N) is 1. The van der Waals surface area contributed by atoms with Crippen LogP contribution in [-0.2, 0) is 0 Å². The number of aromatic nitrogens is 2. The van der Waals surface area contributed by atoms with Crippen LogP contribution >= 0.6 is 0 Å². The summed E-state index contributed by atoms with van der Waals surface area (Å²) in [5.41, 5.74) is 0.685. The standard InChI is InChI=1S/C11H9F3N2O/c12-11(13,14)10(17)9-6-8(15-16-9)7-4-2-1-3-5-7/h1-6,10,17H,(H,15,16). The van der Waals surface area contributed by atoms with Gasteiger partial charge in [0.05, 0.1) is 11.4 Å². The molecule has 0 aliphatic heterocycles. The van der Waals surface area contributed by atoms with Crippen molar-refractivity contribution in [1.29, 1.82) is 0 Å². The number of aliphatic hydroxyl groups excluding tert-OH is 1. The maximum atomic E-state index is 12.2. The van der Waals surface area contributed by atoms with Crippen molar-refractivity contribution in [2.24, 2.45) is 0 Å². The lowest BCUT2D eigenvalue weighted by Gasteiger charge is -2.11. The molecule has 0 fully saturated rings. The molecule has 0 saturated carbocycles. The molecule has 1 unspecified atom stereocenters. The van der Waals surface area contributed by atoms with E-state index in [1.54, 1.807) is 30.3 Å². The van der Waals surface area contributed by atoms with E-state index < -0.39 is 12.3 Å². The number of hydrogen-bond donors (Lipinski definition) is 2. The Bertz CT molecular complexity index is 493. The average Bonchev–Trinajstić information content (AvgIpc) is 2.77. The molecular weight excluding hydrogens is 233 g/mol. The molecule has 1 atom stereocenters. The van der Waals surface area contributed by atoms with Crippen molar-refractivity contribution in [3.05, 3.63) is 42.1 Å². The minimum Gasteiger partial charge on any atom is -0.378 e. The summed E-state index contributed by atoms with van der Waals surface area (Å²) in [4.78, 5) is 0. The highest BCUT2D eigenvalue weighted by Gasteiger charge is 2.40. The molecule has 3 nitrogen and oxygen atoms in total. The highest BCUT2D eigenvalue weighted by atomic mass is 19.4. The maximum absolute atomic E-state index is 12.2. The van der Waals surface area contributed by atoms with Gasteiger partial charge in [0.1, 0.15) is 0 Å². The van der Waals surface area contributed by atoms with Gasteiger partial charge in [-0.05, 0) is 6.07 Å². The van der Waals surface area contributed by atoms with Crippen molar-refractivity contribution in [3.8, 4) is 11.3 Å². The maximum Gasteiger partial charge on any atom is 0.420 e. The van der Waals surface area contributed by atoms with Crippen molar-refractivity contribution in [2.45, 2.75) is 12.3 Å². The van der Waals surface area contributed by atoms with E-state index in [1.165, 1.54) is 6.07 Å². The molecule has 6 heteroatoms. The van der Waals surface area contributed by atoms with Crippen LogP contribution in [0.2, 0.25) is 0 Å². The molecule has 0 aliphatic rings. The van der Waals surface area contributed by atoms with Crippen LogP contribution in [-0.4, -0.2) is 21.5 Å². The third-order valence-electron chi connectivity index (χ3n) is 2.27. The number of hydrogen-bond acceptors (Lipinski definition) is 2. The predicted octanol–water partition coefficient (Wildman–Crippen LogP) is 2.67. The van der Waals surface area contributed by atoms with Gasteiger partial charge in [0.15, 0.2) is 6.10 Å². The predicted molar refractivity (Wildman–Crippen MR) is 55.0 cm³/mol. The minimum atomic E-state index is -4.69. The molecule has 2 rings (SSSR count). The molecule has 2 aromatic rings. The van der Waals surface area contributed by atoms with Gasteiger partial charge in [-0.25, -0.2) is 0 Å². The third kappa shape index (κ3) is 2.47. The van der Waals surface area contributed by atoms with Crippen molar-refractivity contribution in [3.63, 3.8) is 0 Å².